The van der Waals surface area contributed by atoms with E-state index in [1.54, 1.807) is 34.7 Å². The Morgan fingerprint density at radius 1 is 1.18 bits per heavy atom. The first-order valence-electron chi connectivity index (χ1n) is 11.5. The summed E-state index contributed by atoms with van der Waals surface area (Å²) in [5.74, 6) is -0.0706. The summed E-state index contributed by atoms with van der Waals surface area (Å²) in [7, 11) is 1.77. The van der Waals surface area contributed by atoms with Crippen molar-refractivity contribution < 1.29 is 9.59 Å². The Hall–Kier alpha value is -3.33. The van der Waals surface area contributed by atoms with Crippen LogP contribution in [0.1, 0.15) is 34.6 Å². The molecule has 0 bridgehead atoms. The van der Waals surface area contributed by atoms with Crippen molar-refractivity contribution in [2.75, 3.05) is 35.7 Å². The molecule has 0 unspecified atom stereocenters. The van der Waals surface area contributed by atoms with Crippen LogP contribution in [0, 0.1) is 6.92 Å². The normalized spacial score (nSPS) is 18.1. The zero-order chi connectivity index (χ0) is 23.7. The lowest BCUT2D eigenvalue weighted by Gasteiger charge is -2.24. The van der Waals surface area contributed by atoms with Crippen LogP contribution in [0.5, 0.6) is 0 Å². The fraction of sp³-hybridized carbons (Fsp3) is 0.360. The molecule has 3 heterocycles. The zero-order valence-electron chi connectivity index (χ0n) is 19.4. The van der Waals surface area contributed by atoms with Gasteiger partial charge in [0, 0.05) is 36.5 Å². The van der Waals surface area contributed by atoms with E-state index in [0.29, 0.717) is 12.3 Å². The lowest BCUT2D eigenvalue weighted by molar-refractivity contribution is -0.119. The van der Waals surface area contributed by atoms with Crippen molar-refractivity contribution in [3.05, 3.63) is 65.7 Å². The maximum absolute atomic E-state index is 13.2. The Bertz CT molecular complexity index is 1220. The van der Waals surface area contributed by atoms with Crippen molar-refractivity contribution in [3.8, 4) is 0 Å². The number of aromatic nitrogens is 3. The minimum Gasteiger partial charge on any atom is -0.371 e. The lowest BCUT2D eigenvalue weighted by Crippen LogP contribution is -2.48. The van der Waals surface area contributed by atoms with Gasteiger partial charge in [-0.2, -0.15) is 0 Å². The molecule has 1 aromatic heterocycles. The fourth-order valence-electron chi connectivity index (χ4n) is 4.42. The Balaban J connectivity index is 1.27. The first kappa shape index (κ1) is 22.5. The van der Waals surface area contributed by atoms with Crippen LogP contribution in [0.25, 0.3) is 0 Å². The Morgan fingerprint density at radius 2 is 1.97 bits per heavy atom. The van der Waals surface area contributed by atoms with Crippen LogP contribution in [-0.2, 0) is 11.3 Å². The number of likely N-dealkylation sites (N-methyl/N-ethyl adjacent to an activating group) is 1. The number of carbonyl (C=O) groups is 2. The summed E-state index contributed by atoms with van der Waals surface area (Å²) in [4.78, 5) is 35.3. The molecule has 3 aromatic rings. The topological polar surface area (TPSA) is 83.4 Å². The van der Waals surface area contributed by atoms with E-state index in [4.69, 9.17) is 0 Å². The van der Waals surface area contributed by atoms with Gasteiger partial charge in [-0.3, -0.25) is 9.59 Å². The fourth-order valence-corrected chi connectivity index (χ4v) is 5.50. The van der Waals surface area contributed by atoms with Gasteiger partial charge in [-0.15, -0.1) is 16.9 Å². The number of nitrogens with zero attached hydrogens (tertiary/aromatic N) is 5. The molecular weight excluding hydrogens is 448 g/mol. The Morgan fingerprint density at radius 3 is 2.76 bits per heavy atom. The van der Waals surface area contributed by atoms with Crippen molar-refractivity contribution in [1.82, 2.24) is 20.1 Å². The smallest absolute Gasteiger partial charge is 0.291 e. The van der Waals surface area contributed by atoms with E-state index >= 15 is 0 Å². The quantitative estimate of drug-likeness (QED) is 0.609. The van der Waals surface area contributed by atoms with Crippen molar-refractivity contribution in [2.45, 2.75) is 37.2 Å². The monoisotopic (exact) mass is 476 g/mol. The number of thioether (sulfide) groups is 1. The first-order chi connectivity index (χ1) is 16.5. The van der Waals surface area contributed by atoms with E-state index < -0.39 is 11.9 Å². The number of carbonyl (C=O) groups excluding carboxylic acids is 2. The van der Waals surface area contributed by atoms with Gasteiger partial charge in [0.15, 0.2) is 0 Å². The second-order valence-electron chi connectivity index (χ2n) is 8.77. The molecule has 0 spiro atoms. The van der Waals surface area contributed by atoms with Crippen LogP contribution >= 0.6 is 11.8 Å². The van der Waals surface area contributed by atoms with Crippen LogP contribution in [0.4, 0.5) is 11.4 Å². The number of fused-ring (bicyclic) bond motifs is 1. The van der Waals surface area contributed by atoms with E-state index in [0.717, 1.165) is 40.5 Å². The highest BCUT2D eigenvalue weighted by atomic mass is 32.2. The van der Waals surface area contributed by atoms with Crippen molar-refractivity contribution in [2.24, 2.45) is 0 Å². The van der Waals surface area contributed by atoms with E-state index in [1.807, 2.05) is 31.2 Å². The summed E-state index contributed by atoms with van der Waals surface area (Å²) in [6, 6.07) is 13.7. The Kier molecular flexibility index (Phi) is 6.28. The van der Waals surface area contributed by atoms with E-state index in [2.05, 4.69) is 38.5 Å². The molecule has 2 aromatic carbocycles. The van der Waals surface area contributed by atoms with Gasteiger partial charge < -0.3 is 15.1 Å². The summed E-state index contributed by atoms with van der Waals surface area (Å²) in [5.41, 5.74) is 4.29. The summed E-state index contributed by atoms with van der Waals surface area (Å²) in [5, 5.41) is 7.18. The summed E-state index contributed by atoms with van der Waals surface area (Å²) in [6.45, 7) is 4.66. The van der Waals surface area contributed by atoms with Gasteiger partial charge in [0.2, 0.25) is 11.7 Å². The van der Waals surface area contributed by atoms with Crippen LogP contribution in [0.2, 0.25) is 0 Å². The third kappa shape index (κ3) is 4.52. The minimum absolute atomic E-state index is 0.0621. The van der Waals surface area contributed by atoms with Gasteiger partial charge in [0.05, 0.1) is 12.2 Å². The number of hydrogen-bond acceptors (Lipinski definition) is 6. The SMILES string of the molecule is Cc1ccccc1Cn1cnc(C(=O)N[C@H]2CSc3ccc(N4CCCC4)cc3N(C)C2=O)n1. The zero-order valence-corrected chi connectivity index (χ0v) is 20.2. The number of hydrogen-bond donors (Lipinski definition) is 1. The van der Waals surface area contributed by atoms with Gasteiger partial charge in [-0.25, -0.2) is 9.67 Å². The molecule has 0 saturated carbocycles. The Labute approximate surface area is 203 Å². The standard InChI is InChI=1S/C25H28N6O2S/c1-17-7-3-4-8-18(17)14-31-16-26-23(28-31)24(32)27-20-15-34-22-10-9-19(30-11-5-6-12-30)13-21(22)29(2)25(20)33/h3-4,7-10,13,16,20H,5-6,11-12,14-15H2,1-2H3,(H,27,32)/t20-/m0/s1. The molecule has 176 valence electrons. The minimum atomic E-state index is -0.659. The highest BCUT2D eigenvalue weighted by Crippen LogP contribution is 2.37. The van der Waals surface area contributed by atoms with Gasteiger partial charge in [0.1, 0.15) is 12.4 Å². The summed E-state index contributed by atoms with van der Waals surface area (Å²) < 4.78 is 1.64. The predicted octanol–water partition coefficient (Wildman–Crippen LogP) is 3.10. The molecule has 1 saturated heterocycles. The van der Waals surface area contributed by atoms with Crippen LogP contribution in [0.15, 0.2) is 53.7 Å². The molecule has 2 amide bonds. The molecular formula is C25H28N6O2S. The van der Waals surface area contributed by atoms with Gasteiger partial charge in [0.25, 0.3) is 5.91 Å². The molecule has 1 N–H and O–H groups in total. The molecule has 0 radical (unpaired) electrons. The van der Waals surface area contributed by atoms with Gasteiger partial charge in [-0.1, -0.05) is 24.3 Å². The average molecular weight is 477 g/mol. The van der Waals surface area contributed by atoms with E-state index in [1.165, 1.54) is 12.8 Å². The number of amides is 2. The van der Waals surface area contributed by atoms with Gasteiger partial charge >= 0.3 is 0 Å². The third-order valence-electron chi connectivity index (χ3n) is 6.45. The maximum Gasteiger partial charge on any atom is 0.291 e. The van der Waals surface area contributed by atoms with Gasteiger partial charge in [-0.05, 0) is 49.1 Å². The molecule has 5 rings (SSSR count). The molecule has 1 fully saturated rings. The van der Waals surface area contributed by atoms with Crippen LogP contribution in [-0.4, -0.2) is 58.5 Å². The van der Waals surface area contributed by atoms with Crippen molar-refractivity contribution >= 4 is 35.0 Å². The molecule has 8 nitrogen and oxygen atoms in total. The van der Waals surface area contributed by atoms with Crippen LogP contribution < -0.4 is 15.1 Å². The number of rotatable bonds is 5. The second kappa shape index (κ2) is 9.50. The first-order valence-corrected chi connectivity index (χ1v) is 12.5. The largest absolute Gasteiger partial charge is 0.371 e. The maximum atomic E-state index is 13.2. The van der Waals surface area contributed by atoms with Crippen molar-refractivity contribution in [1.29, 1.82) is 0 Å². The summed E-state index contributed by atoms with van der Waals surface area (Å²) >= 11 is 1.58. The molecule has 34 heavy (non-hydrogen) atoms. The van der Waals surface area contributed by atoms with Crippen LogP contribution in [0.3, 0.4) is 0 Å². The molecule has 0 aliphatic carbocycles. The highest BCUT2D eigenvalue weighted by molar-refractivity contribution is 7.99. The van der Waals surface area contributed by atoms with Crippen molar-refractivity contribution in [3.63, 3.8) is 0 Å². The second-order valence-corrected chi connectivity index (χ2v) is 9.83. The molecule has 2 aliphatic heterocycles. The third-order valence-corrected chi connectivity index (χ3v) is 7.60. The average Bonchev–Trinajstić information content (AvgIpc) is 3.53. The number of benzene rings is 2. The van der Waals surface area contributed by atoms with E-state index in [9.17, 15) is 9.59 Å². The number of aryl methyl sites for hydroxylation is 1. The predicted molar refractivity (Wildman–Crippen MR) is 134 cm³/mol. The highest BCUT2D eigenvalue weighted by Gasteiger charge is 2.31. The van der Waals surface area contributed by atoms with E-state index in [-0.39, 0.29) is 11.7 Å². The molecule has 1 atom stereocenters. The number of anilines is 2. The number of nitrogens with one attached hydrogen (secondary N) is 1. The lowest BCUT2D eigenvalue weighted by atomic mass is 10.1. The molecule has 9 heteroatoms. The summed E-state index contributed by atoms with van der Waals surface area (Å²) in [6.07, 6.45) is 3.94. The molecule has 2 aliphatic rings.